The van der Waals surface area contributed by atoms with Gasteiger partial charge in [-0.2, -0.15) is 5.10 Å². The number of anilines is 1. The van der Waals surface area contributed by atoms with E-state index in [0.29, 0.717) is 11.4 Å². The number of rotatable bonds is 5. The summed E-state index contributed by atoms with van der Waals surface area (Å²) in [5, 5.41) is 16.6. The molecule has 0 bridgehead atoms. The zero-order valence-corrected chi connectivity index (χ0v) is 16.9. The molecule has 2 amide bonds. The van der Waals surface area contributed by atoms with Gasteiger partial charge in [-0.15, -0.1) is 0 Å². The molecule has 0 aliphatic carbocycles. The first-order valence-corrected chi connectivity index (χ1v) is 9.08. The molecule has 0 spiro atoms. The van der Waals surface area contributed by atoms with E-state index in [-0.39, 0.29) is 30.0 Å². The number of aryl methyl sites for hydroxylation is 1. The molecule has 2 aromatic heterocycles. The van der Waals surface area contributed by atoms with E-state index in [1.54, 1.807) is 17.1 Å². The van der Waals surface area contributed by atoms with Gasteiger partial charge in [-0.05, 0) is 31.0 Å². The number of pyridine rings is 1. The van der Waals surface area contributed by atoms with Gasteiger partial charge in [-0.3, -0.25) is 24.0 Å². The Hall–Kier alpha value is -4.01. The van der Waals surface area contributed by atoms with Gasteiger partial charge in [0, 0.05) is 19.3 Å². The van der Waals surface area contributed by atoms with Crippen LogP contribution in [0.1, 0.15) is 45.1 Å². The van der Waals surface area contributed by atoms with Crippen LogP contribution in [0.25, 0.3) is 0 Å². The van der Waals surface area contributed by atoms with E-state index in [2.05, 4.69) is 20.7 Å². The largest absolute Gasteiger partial charge is 0.483 e. The van der Waals surface area contributed by atoms with Gasteiger partial charge in [0.25, 0.3) is 18.3 Å². The Balaban J connectivity index is 0.00000101. The second-order valence-electron chi connectivity index (χ2n) is 6.34. The monoisotopic (exact) mass is 409 g/mol. The number of carbonyl (C=O) groups is 3. The maximum absolute atomic E-state index is 12.9. The molecule has 0 fully saturated rings. The highest BCUT2D eigenvalue weighted by Crippen LogP contribution is 2.21. The van der Waals surface area contributed by atoms with E-state index in [9.17, 15) is 9.59 Å². The summed E-state index contributed by atoms with van der Waals surface area (Å²) in [7, 11) is 1.53. The van der Waals surface area contributed by atoms with Crippen LogP contribution in [0.4, 0.5) is 5.69 Å². The molecule has 2 heterocycles. The van der Waals surface area contributed by atoms with E-state index in [1.807, 2.05) is 50.2 Å². The zero-order valence-electron chi connectivity index (χ0n) is 16.9. The molecule has 9 nitrogen and oxygen atoms in total. The molecule has 1 atom stereocenters. The minimum absolute atomic E-state index is 0.188. The van der Waals surface area contributed by atoms with Crippen LogP contribution >= 0.6 is 0 Å². The van der Waals surface area contributed by atoms with E-state index < -0.39 is 0 Å². The second-order valence-corrected chi connectivity index (χ2v) is 6.34. The second kappa shape index (κ2) is 10.5. The van der Waals surface area contributed by atoms with Crippen molar-refractivity contribution in [3.63, 3.8) is 0 Å². The zero-order chi connectivity index (χ0) is 22.1. The van der Waals surface area contributed by atoms with Crippen molar-refractivity contribution < 1.29 is 19.5 Å². The number of aromatic nitrogens is 3. The molecular weight excluding hydrogens is 386 g/mol. The summed E-state index contributed by atoms with van der Waals surface area (Å²) in [6.45, 7) is 3.58. The van der Waals surface area contributed by atoms with Crippen LogP contribution in [0.5, 0.6) is 0 Å². The lowest BCUT2D eigenvalue weighted by Gasteiger charge is -2.16. The molecule has 0 saturated carbocycles. The van der Waals surface area contributed by atoms with E-state index in [0.717, 1.165) is 11.1 Å². The maximum Gasteiger partial charge on any atom is 0.290 e. The van der Waals surface area contributed by atoms with Gasteiger partial charge in [0.15, 0.2) is 5.69 Å². The molecule has 3 N–H and O–H groups in total. The minimum Gasteiger partial charge on any atom is -0.483 e. The molecule has 0 saturated heterocycles. The van der Waals surface area contributed by atoms with Crippen LogP contribution in [0.3, 0.4) is 0 Å². The molecule has 0 radical (unpaired) electrons. The van der Waals surface area contributed by atoms with Crippen molar-refractivity contribution in [3.8, 4) is 0 Å². The van der Waals surface area contributed by atoms with Crippen molar-refractivity contribution in [2.75, 3.05) is 12.4 Å². The quantitative estimate of drug-likeness (QED) is 0.556. The summed E-state index contributed by atoms with van der Waals surface area (Å²) in [6.07, 6.45) is 3.28. The number of nitrogens with one attached hydrogen (secondary N) is 2. The number of benzene rings is 1. The normalized spacial score (nSPS) is 10.9. The topological polar surface area (TPSA) is 126 Å². The van der Waals surface area contributed by atoms with Crippen LogP contribution in [-0.2, 0) is 4.79 Å². The summed E-state index contributed by atoms with van der Waals surface area (Å²) < 4.78 is 1.57. The molecule has 1 aromatic carbocycles. The maximum atomic E-state index is 12.9. The van der Waals surface area contributed by atoms with Gasteiger partial charge in [-0.1, -0.05) is 30.3 Å². The van der Waals surface area contributed by atoms with Crippen LogP contribution in [-0.4, -0.2) is 45.2 Å². The molecule has 3 rings (SSSR count). The molecule has 0 aliphatic heterocycles. The highest BCUT2D eigenvalue weighted by Gasteiger charge is 2.22. The first kappa shape index (κ1) is 22.3. The number of amides is 2. The van der Waals surface area contributed by atoms with Crippen molar-refractivity contribution >= 4 is 24.0 Å². The van der Waals surface area contributed by atoms with Gasteiger partial charge >= 0.3 is 0 Å². The lowest BCUT2D eigenvalue weighted by atomic mass is 10.1. The molecule has 9 heteroatoms. The van der Waals surface area contributed by atoms with Crippen molar-refractivity contribution in [2.45, 2.75) is 19.9 Å². The Morgan fingerprint density at radius 1 is 1.13 bits per heavy atom. The molecule has 0 aliphatic rings. The lowest BCUT2D eigenvalue weighted by Crippen LogP contribution is -2.21. The van der Waals surface area contributed by atoms with Crippen molar-refractivity contribution in [1.29, 1.82) is 0 Å². The molecule has 3 aromatic rings. The Morgan fingerprint density at radius 2 is 1.80 bits per heavy atom. The van der Waals surface area contributed by atoms with Crippen molar-refractivity contribution in [1.82, 2.24) is 20.1 Å². The van der Waals surface area contributed by atoms with E-state index in [1.165, 1.54) is 13.1 Å². The number of carboxylic acid groups (broad SMARTS) is 1. The van der Waals surface area contributed by atoms with Crippen LogP contribution in [0.2, 0.25) is 0 Å². The van der Waals surface area contributed by atoms with Gasteiger partial charge in [0.1, 0.15) is 5.69 Å². The third kappa shape index (κ3) is 5.51. The molecule has 156 valence electrons. The Bertz CT molecular complexity index is 1020. The molecular formula is C21H23N5O4. The van der Waals surface area contributed by atoms with Gasteiger partial charge < -0.3 is 15.7 Å². The van der Waals surface area contributed by atoms with Gasteiger partial charge in [0.05, 0.1) is 17.9 Å². The van der Waals surface area contributed by atoms with E-state index in [4.69, 9.17) is 9.90 Å². The summed E-state index contributed by atoms with van der Waals surface area (Å²) in [5.74, 6) is -0.701. The lowest BCUT2D eigenvalue weighted by molar-refractivity contribution is -0.122. The molecule has 30 heavy (non-hydrogen) atoms. The average molecular weight is 409 g/mol. The number of hydrogen-bond donors (Lipinski definition) is 3. The highest BCUT2D eigenvalue weighted by molar-refractivity contribution is 6.04. The summed E-state index contributed by atoms with van der Waals surface area (Å²) in [5.41, 5.74) is 2.99. The minimum atomic E-state index is -0.354. The fraction of sp³-hybridized carbons (Fsp3) is 0.190. The van der Waals surface area contributed by atoms with Gasteiger partial charge in [-0.25, -0.2) is 0 Å². The third-order valence-corrected chi connectivity index (χ3v) is 4.21. The smallest absolute Gasteiger partial charge is 0.290 e. The molecule has 0 unspecified atom stereocenters. The summed E-state index contributed by atoms with van der Waals surface area (Å²) in [6, 6.07) is 12.8. The van der Waals surface area contributed by atoms with Crippen LogP contribution < -0.4 is 10.6 Å². The predicted molar refractivity (Wildman–Crippen MR) is 111 cm³/mol. The first-order valence-electron chi connectivity index (χ1n) is 9.08. The standard InChI is InChI=1S/C20H21N5O2.CH2O2/c1-13-9-16(12-22-11-13)23-20(27)18-10-17(19(26)21-3)24-25(18)14(2)15-7-5-4-6-8-15;2-1-3/h4-12,14H,1-3H3,(H,21,26)(H,23,27);1H,(H,2,3)/t14-;/m0./s1. The fourth-order valence-corrected chi connectivity index (χ4v) is 2.79. The average Bonchev–Trinajstić information content (AvgIpc) is 3.19. The van der Waals surface area contributed by atoms with Crippen LogP contribution in [0, 0.1) is 6.92 Å². The fourth-order valence-electron chi connectivity index (χ4n) is 2.79. The van der Waals surface area contributed by atoms with Crippen LogP contribution in [0.15, 0.2) is 54.9 Å². The number of nitrogens with zero attached hydrogens (tertiary/aromatic N) is 3. The predicted octanol–water partition coefficient (Wildman–Crippen LogP) is 2.51. The SMILES string of the molecule is CNC(=O)c1cc(C(=O)Nc2cncc(C)c2)n([C@@H](C)c2ccccc2)n1.O=CO. The first-order chi connectivity index (χ1) is 14.4. The highest BCUT2D eigenvalue weighted by atomic mass is 16.3. The van der Waals surface area contributed by atoms with E-state index >= 15 is 0 Å². The van der Waals surface area contributed by atoms with Gasteiger partial charge in [0.2, 0.25) is 0 Å². The number of hydrogen-bond acceptors (Lipinski definition) is 5. The Labute approximate surface area is 173 Å². The third-order valence-electron chi connectivity index (χ3n) is 4.21. The number of carbonyl (C=O) groups excluding carboxylic acids is 2. The Morgan fingerprint density at radius 3 is 2.40 bits per heavy atom. The Kier molecular flexibility index (Phi) is 7.81. The van der Waals surface area contributed by atoms with Crippen molar-refractivity contribution in [2.24, 2.45) is 0 Å². The summed E-state index contributed by atoms with van der Waals surface area (Å²) in [4.78, 5) is 37.4. The van der Waals surface area contributed by atoms with Crippen molar-refractivity contribution in [3.05, 3.63) is 77.4 Å². The summed E-state index contributed by atoms with van der Waals surface area (Å²) >= 11 is 0.